The van der Waals surface area contributed by atoms with E-state index >= 15 is 4.39 Å². The zero-order valence-corrected chi connectivity index (χ0v) is 23.8. The molecule has 0 aliphatic carbocycles. The number of methoxy groups -OCH3 is 3. The van der Waals surface area contributed by atoms with Gasteiger partial charge in [0.25, 0.3) is 0 Å². The summed E-state index contributed by atoms with van der Waals surface area (Å²) in [5, 5.41) is 9.11. The third-order valence-corrected chi connectivity index (χ3v) is 6.87. The van der Waals surface area contributed by atoms with Crippen molar-refractivity contribution in [1.29, 1.82) is 5.26 Å². The molecule has 43 heavy (non-hydrogen) atoms. The summed E-state index contributed by atoms with van der Waals surface area (Å²) in [5.74, 6) is 0.294. The molecule has 0 radical (unpaired) electrons. The third-order valence-electron chi connectivity index (χ3n) is 6.87. The maximum Gasteiger partial charge on any atom is 0.337 e. The first-order valence-electron chi connectivity index (χ1n) is 13.3. The molecule has 11 heteroatoms. The van der Waals surface area contributed by atoms with E-state index in [0.29, 0.717) is 58.2 Å². The Morgan fingerprint density at radius 3 is 2.58 bits per heavy atom. The molecule has 0 amide bonds. The van der Waals surface area contributed by atoms with Crippen LogP contribution in [0.3, 0.4) is 0 Å². The van der Waals surface area contributed by atoms with E-state index in [4.69, 9.17) is 29.2 Å². The number of carbonyl (C=O) groups excluding carboxylic acids is 1. The van der Waals surface area contributed by atoms with Crippen LogP contribution >= 0.6 is 0 Å². The lowest BCUT2D eigenvalue weighted by molar-refractivity contribution is 0.0601. The zero-order valence-electron chi connectivity index (χ0n) is 23.8. The molecule has 2 heterocycles. The fourth-order valence-electron chi connectivity index (χ4n) is 4.65. The molecule has 0 saturated heterocycles. The van der Waals surface area contributed by atoms with Gasteiger partial charge >= 0.3 is 12.0 Å². The number of halogens is 1. The fourth-order valence-corrected chi connectivity index (χ4v) is 4.65. The van der Waals surface area contributed by atoms with Crippen LogP contribution in [0, 0.1) is 17.1 Å². The van der Waals surface area contributed by atoms with Gasteiger partial charge in [0.1, 0.15) is 24.0 Å². The molecule has 10 nitrogen and oxygen atoms in total. The molecule has 5 aromatic rings. The summed E-state index contributed by atoms with van der Waals surface area (Å²) >= 11 is 0. The highest BCUT2D eigenvalue weighted by atomic mass is 19.1. The van der Waals surface area contributed by atoms with Crippen LogP contribution < -0.4 is 9.47 Å². The second-order valence-corrected chi connectivity index (χ2v) is 9.50. The number of nitriles is 1. The van der Waals surface area contributed by atoms with Crippen molar-refractivity contribution in [2.45, 2.75) is 19.6 Å². The zero-order chi connectivity index (χ0) is 30.3. The van der Waals surface area contributed by atoms with Gasteiger partial charge in [-0.25, -0.2) is 19.2 Å². The Balaban J connectivity index is 1.36. The first-order chi connectivity index (χ1) is 20.9. The summed E-state index contributed by atoms with van der Waals surface area (Å²) < 4.78 is 38.6. The Labute approximate surface area is 247 Å². The molecule has 0 spiro atoms. The molecule has 0 aliphatic heterocycles. The van der Waals surface area contributed by atoms with Gasteiger partial charge in [0.05, 0.1) is 54.7 Å². The van der Waals surface area contributed by atoms with Crippen molar-refractivity contribution in [3.05, 3.63) is 101 Å². The van der Waals surface area contributed by atoms with Gasteiger partial charge in [0, 0.05) is 37.4 Å². The summed E-state index contributed by atoms with van der Waals surface area (Å²) in [4.78, 5) is 25.4. The molecular weight excluding hydrogens is 553 g/mol. The van der Waals surface area contributed by atoms with Gasteiger partial charge in [-0.15, -0.1) is 0 Å². The van der Waals surface area contributed by atoms with Crippen LogP contribution in [0.1, 0.15) is 32.9 Å². The van der Waals surface area contributed by atoms with E-state index in [0.717, 1.165) is 11.1 Å². The lowest BCUT2D eigenvalue weighted by Gasteiger charge is -2.11. The number of esters is 1. The summed E-state index contributed by atoms with van der Waals surface area (Å²) in [5.41, 5.74) is 4.52. The lowest BCUT2D eigenvalue weighted by atomic mass is 10.1. The van der Waals surface area contributed by atoms with Crippen molar-refractivity contribution < 1.29 is 28.1 Å². The number of benzene rings is 3. The minimum atomic E-state index is -0.447. The number of carbonyl (C=O) groups is 1. The molecule has 218 valence electrons. The molecule has 2 aromatic heterocycles. The smallest absolute Gasteiger partial charge is 0.337 e. The average molecular weight is 582 g/mol. The number of nitrogens with zero attached hydrogens (tertiary/aromatic N) is 5. The van der Waals surface area contributed by atoms with Gasteiger partial charge in [-0.05, 0) is 48.0 Å². The van der Waals surface area contributed by atoms with Crippen molar-refractivity contribution in [2.24, 2.45) is 0 Å². The minimum Gasteiger partial charge on any atom is -0.496 e. The van der Waals surface area contributed by atoms with Crippen molar-refractivity contribution in [3.63, 3.8) is 0 Å². The van der Waals surface area contributed by atoms with E-state index in [-0.39, 0.29) is 19.0 Å². The van der Waals surface area contributed by atoms with Crippen molar-refractivity contribution in [3.8, 4) is 29.1 Å². The van der Waals surface area contributed by atoms with Crippen molar-refractivity contribution in [2.75, 3.05) is 27.9 Å². The van der Waals surface area contributed by atoms with Gasteiger partial charge in [-0.3, -0.25) is 0 Å². The molecule has 5 rings (SSSR count). The highest BCUT2D eigenvalue weighted by molar-refractivity contribution is 5.93. The first-order valence-corrected chi connectivity index (χ1v) is 13.3. The second kappa shape index (κ2) is 13.1. The molecule has 0 unspecified atom stereocenters. The van der Waals surface area contributed by atoms with Crippen molar-refractivity contribution >= 4 is 17.0 Å². The maximum atomic E-state index is 15.5. The quantitative estimate of drug-likeness (QED) is 0.196. The SMILES string of the molecule is COCCn1c(Cc2ccc(-c3ccnc(OCc4ccc(C#N)cc4OC)n3)cc2F)nc2ccc(C(=O)OC)cc21. The highest BCUT2D eigenvalue weighted by Crippen LogP contribution is 2.26. The first kappa shape index (κ1) is 29.2. The normalized spacial score (nSPS) is 10.9. The highest BCUT2D eigenvalue weighted by Gasteiger charge is 2.17. The Morgan fingerprint density at radius 2 is 1.84 bits per heavy atom. The van der Waals surface area contributed by atoms with Gasteiger partial charge < -0.3 is 23.5 Å². The van der Waals surface area contributed by atoms with E-state index in [1.807, 2.05) is 4.57 Å². The van der Waals surface area contributed by atoms with E-state index in [2.05, 4.69) is 16.0 Å². The molecule has 0 saturated carbocycles. The number of aromatic nitrogens is 4. The average Bonchev–Trinajstić information content (AvgIpc) is 3.39. The van der Waals surface area contributed by atoms with Gasteiger partial charge in [-0.2, -0.15) is 10.2 Å². The van der Waals surface area contributed by atoms with Crippen molar-refractivity contribution in [1.82, 2.24) is 19.5 Å². The Morgan fingerprint density at radius 1 is 1.00 bits per heavy atom. The van der Waals surface area contributed by atoms with Crippen LogP contribution in [0.2, 0.25) is 0 Å². The largest absolute Gasteiger partial charge is 0.496 e. The van der Waals surface area contributed by atoms with E-state index in [1.165, 1.54) is 20.3 Å². The Hall–Kier alpha value is -5.34. The standard InChI is InChI=1S/C32H28FN5O5/c1-40-13-12-38-28-16-23(31(39)42-3)8-9-27(28)36-30(38)17-21-6-7-22(15-25(21)33)26-10-11-35-32(37-26)43-19-24-5-4-20(18-34)14-29(24)41-2/h4-11,14-16H,12-13,17,19H2,1-3H3. The fraction of sp³-hybridized carbons (Fsp3) is 0.219. The molecular formula is C32H28FN5O5. The molecule has 3 aromatic carbocycles. The summed E-state index contributed by atoms with van der Waals surface area (Å²) in [6.07, 6.45) is 1.77. The number of ether oxygens (including phenoxy) is 4. The summed E-state index contributed by atoms with van der Waals surface area (Å²) in [6.45, 7) is 1.01. The van der Waals surface area contributed by atoms with Gasteiger partial charge in [0.2, 0.25) is 0 Å². The number of hydrogen-bond donors (Lipinski definition) is 0. The number of imidazole rings is 1. The number of hydrogen-bond acceptors (Lipinski definition) is 9. The Bertz CT molecular complexity index is 1830. The van der Waals surface area contributed by atoms with Crippen LogP contribution in [-0.4, -0.2) is 53.4 Å². The van der Waals surface area contributed by atoms with Gasteiger partial charge in [-0.1, -0.05) is 18.2 Å². The van der Waals surface area contributed by atoms with Crippen LogP contribution in [0.15, 0.2) is 66.9 Å². The van der Waals surface area contributed by atoms with Crippen LogP contribution in [-0.2, 0) is 29.0 Å². The maximum absolute atomic E-state index is 15.5. The molecule has 0 bridgehead atoms. The topological polar surface area (TPSA) is 121 Å². The lowest BCUT2D eigenvalue weighted by Crippen LogP contribution is -2.10. The number of fused-ring (bicyclic) bond motifs is 1. The predicted molar refractivity (Wildman–Crippen MR) is 155 cm³/mol. The third kappa shape index (κ3) is 6.45. The van der Waals surface area contributed by atoms with E-state index in [9.17, 15) is 4.79 Å². The predicted octanol–water partition coefficient (Wildman–Crippen LogP) is 5.12. The molecule has 0 N–H and O–H groups in total. The van der Waals surface area contributed by atoms with Crippen LogP contribution in [0.5, 0.6) is 11.8 Å². The molecule has 0 aliphatic rings. The summed E-state index contributed by atoms with van der Waals surface area (Å²) in [7, 11) is 4.45. The molecule has 0 fully saturated rings. The van der Waals surface area contributed by atoms with Gasteiger partial charge in [0.15, 0.2) is 0 Å². The monoisotopic (exact) mass is 581 g/mol. The summed E-state index contributed by atoms with van der Waals surface area (Å²) in [6, 6.07) is 18.9. The minimum absolute atomic E-state index is 0.117. The van der Waals surface area contributed by atoms with Crippen LogP contribution in [0.4, 0.5) is 4.39 Å². The Kier molecular flexibility index (Phi) is 8.88. The number of rotatable bonds is 11. The second-order valence-electron chi connectivity index (χ2n) is 9.50. The van der Waals surface area contributed by atoms with Crippen LogP contribution in [0.25, 0.3) is 22.3 Å². The molecule has 0 atom stereocenters. The van der Waals surface area contributed by atoms with E-state index < -0.39 is 11.8 Å². The van der Waals surface area contributed by atoms with E-state index in [1.54, 1.807) is 67.9 Å².